The van der Waals surface area contributed by atoms with Gasteiger partial charge in [0.15, 0.2) is 11.6 Å². The maximum absolute atomic E-state index is 13.2. The number of nitrogens with zero attached hydrogens (tertiary/aromatic N) is 6. The van der Waals surface area contributed by atoms with Crippen LogP contribution in [0.4, 0.5) is 17.3 Å². The van der Waals surface area contributed by atoms with Crippen LogP contribution in [0.15, 0.2) is 35.2 Å². The zero-order chi connectivity index (χ0) is 25.0. The van der Waals surface area contributed by atoms with Crippen molar-refractivity contribution in [3.63, 3.8) is 0 Å². The van der Waals surface area contributed by atoms with Gasteiger partial charge >= 0.3 is 0 Å². The lowest BCUT2D eigenvalue weighted by molar-refractivity contribution is -0.114. The van der Waals surface area contributed by atoms with E-state index in [9.17, 15) is 13.2 Å². The third-order valence-electron chi connectivity index (χ3n) is 6.42. The van der Waals surface area contributed by atoms with Gasteiger partial charge in [-0.15, -0.1) is 10.2 Å². The molecule has 2 aromatic rings. The van der Waals surface area contributed by atoms with Crippen LogP contribution in [0.1, 0.15) is 12.5 Å². The van der Waals surface area contributed by atoms with Crippen molar-refractivity contribution in [1.29, 1.82) is 0 Å². The minimum Gasteiger partial charge on any atom is -0.395 e. The van der Waals surface area contributed by atoms with E-state index in [-0.39, 0.29) is 17.4 Å². The summed E-state index contributed by atoms with van der Waals surface area (Å²) in [4.78, 5) is 18.0. The van der Waals surface area contributed by atoms with Crippen LogP contribution in [0, 0.1) is 6.92 Å². The van der Waals surface area contributed by atoms with Gasteiger partial charge in [0.2, 0.25) is 15.9 Å². The molecule has 35 heavy (non-hydrogen) atoms. The Morgan fingerprint density at radius 2 is 1.51 bits per heavy atom. The number of aromatic nitrogens is 2. The molecule has 1 aromatic carbocycles. The lowest BCUT2D eigenvalue weighted by Gasteiger charge is -2.36. The number of hydrogen-bond acceptors (Lipinski definition) is 9. The number of aryl methyl sites for hydroxylation is 1. The van der Waals surface area contributed by atoms with Crippen molar-refractivity contribution in [1.82, 2.24) is 19.4 Å². The number of carbonyl (C=O) groups is 1. The Hall–Kier alpha value is -2.80. The molecule has 0 radical (unpaired) electrons. The normalized spacial score (nSPS) is 18.0. The summed E-state index contributed by atoms with van der Waals surface area (Å²) in [7, 11) is -3.64. The zero-order valence-corrected chi connectivity index (χ0v) is 21.0. The van der Waals surface area contributed by atoms with Gasteiger partial charge in [0.1, 0.15) is 0 Å². The van der Waals surface area contributed by atoms with Gasteiger partial charge in [0.25, 0.3) is 0 Å². The third-order valence-corrected chi connectivity index (χ3v) is 8.48. The first-order valence-electron chi connectivity index (χ1n) is 11.8. The Morgan fingerprint density at radius 1 is 0.943 bits per heavy atom. The molecule has 1 amide bonds. The number of sulfonamides is 1. The van der Waals surface area contributed by atoms with E-state index in [1.54, 1.807) is 25.1 Å². The van der Waals surface area contributed by atoms with E-state index in [2.05, 4.69) is 30.2 Å². The molecule has 0 saturated carbocycles. The highest BCUT2D eigenvalue weighted by molar-refractivity contribution is 7.89. The van der Waals surface area contributed by atoms with Gasteiger partial charge < -0.3 is 20.2 Å². The summed E-state index contributed by atoms with van der Waals surface area (Å²) in [5.41, 5.74) is 1.17. The zero-order valence-electron chi connectivity index (χ0n) is 20.2. The topological polar surface area (TPSA) is 122 Å². The summed E-state index contributed by atoms with van der Waals surface area (Å²) in [6.07, 6.45) is 0. The van der Waals surface area contributed by atoms with E-state index in [0.717, 1.165) is 37.8 Å². The van der Waals surface area contributed by atoms with E-state index in [0.29, 0.717) is 44.0 Å². The predicted molar refractivity (Wildman–Crippen MR) is 134 cm³/mol. The number of amides is 1. The first-order chi connectivity index (χ1) is 16.8. The summed E-state index contributed by atoms with van der Waals surface area (Å²) >= 11 is 0. The van der Waals surface area contributed by atoms with Crippen molar-refractivity contribution >= 4 is 33.3 Å². The number of hydrogen-bond donors (Lipinski definition) is 2. The molecule has 0 unspecified atom stereocenters. The number of aliphatic hydroxyl groups is 1. The largest absolute Gasteiger partial charge is 0.395 e. The molecular weight excluding hydrogens is 470 g/mol. The van der Waals surface area contributed by atoms with Gasteiger partial charge in [0.05, 0.1) is 11.5 Å². The van der Waals surface area contributed by atoms with Crippen LogP contribution in [-0.4, -0.2) is 104 Å². The summed E-state index contributed by atoms with van der Waals surface area (Å²) < 4.78 is 28.0. The fourth-order valence-corrected chi connectivity index (χ4v) is 6.14. The second-order valence-corrected chi connectivity index (χ2v) is 10.8. The Bertz CT molecular complexity index is 1130. The Kier molecular flexibility index (Phi) is 7.85. The van der Waals surface area contributed by atoms with Gasteiger partial charge in [-0.05, 0) is 42.8 Å². The summed E-state index contributed by atoms with van der Waals surface area (Å²) in [5.74, 6) is 1.37. The monoisotopic (exact) mass is 503 g/mol. The number of carbonyl (C=O) groups excluding carboxylic acids is 1. The summed E-state index contributed by atoms with van der Waals surface area (Å²) in [6.45, 7) is 9.23. The van der Waals surface area contributed by atoms with Crippen LogP contribution in [0.3, 0.4) is 0 Å². The predicted octanol–water partition coefficient (Wildman–Crippen LogP) is 0.369. The minimum atomic E-state index is -3.64. The average molecular weight is 504 g/mol. The van der Waals surface area contributed by atoms with Crippen LogP contribution < -0.4 is 15.1 Å². The highest BCUT2D eigenvalue weighted by atomic mass is 32.2. The summed E-state index contributed by atoms with van der Waals surface area (Å²) in [6, 6.07) is 8.75. The summed E-state index contributed by atoms with van der Waals surface area (Å²) in [5, 5.41) is 20.6. The van der Waals surface area contributed by atoms with Gasteiger partial charge in [0, 0.05) is 71.5 Å². The molecule has 2 aliphatic rings. The molecule has 12 heteroatoms. The van der Waals surface area contributed by atoms with Gasteiger partial charge in [-0.3, -0.25) is 9.69 Å². The number of anilines is 3. The lowest BCUT2D eigenvalue weighted by Crippen LogP contribution is -2.49. The quantitative estimate of drug-likeness (QED) is 0.552. The highest BCUT2D eigenvalue weighted by Gasteiger charge is 2.30. The van der Waals surface area contributed by atoms with Crippen LogP contribution >= 0.6 is 0 Å². The standard InChI is InChI=1S/C23H33N7O4S/c1-18-17-20(24-19(2)32)3-4-21(18)35(33,34)30-13-11-29(12-14-30)23-6-5-22(25-26-23)28-9-7-27(8-10-28)15-16-31/h3-6,17,31H,7-16H2,1-2H3,(H,24,32). The molecule has 0 spiro atoms. The third kappa shape index (κ3) is 5.89. The van der Waals surface area contributed by atoms with Crippen LogP contribution in [0.25, 0.3) is 0 Å². The van der Waals surface area contributed by atoms with Crippen LogP contribution in [0.5, 0.6) is 0 Å². The van der Waals surface area contributed by atoms with Crippen LogP contribution in [-0.2, 0) is 14.8 Å². The second kappa shape index (κ2) is 10.9. The molecule has 3 heterocycles. The molecule has 0 aliphatic carbocycles. The molecular formula is C23H33N7O4S. The van der Waals surface area contributed by atoms with Crippen molar-refractivity contribution in [2.75, 3.05) is 80.6 Å². The SMILES string of the molecule is CC(=O)Nc1ccc(S(=O)(=O)N2CCN(c3ccc(N4CCN(CCO)CC4)nn3)CC2)c(C)c1. The van der Waals surface area contributed by atoms with Gasteiger partial charge in [-0.25, -0.2) is 8.42 Å². The molecule has 4 rings (SSSR count). The second-order valence-electron chi connectivity index (χ2n) is 8.85. The molecule has 2 saturated heterocycles. The maximum Gasteiger partial charge on any atom is 0.243 e. The molecule has 2 fully saturated rings. The van der Waals surface area contributed by atoms with E-state index in [1.165, 1.54) is 11.2 Å². The number of aliphatic hydroxyl groups excluding tert-OH is 1. The Morgan fingerprint density at radius 3 is 2.00 bits per heavy atom. The number of nitrogens with one attached hydrogen (secondary N) is 1. The molecule has 0 atom stereocenters. The molecule has 2 N–H and O–H groups in total. The minimum absolute atomic E-state index is 0.174. The number of benzene rings is 1. The fraction of sp³-hybridized carbons (Fsp3) is 0.522. The number of rotatable bonds is 7. The lowest BCUT2D eigenvalue weighted by atomic mass is 10.2. The Balaban J connectivity index is 1.35. The first-order valence-corrected chi connectivity index (χ1v) is 13.3. The van der Waals surface area contributed by atoms with Crippen molar-refractivity contribution in [3.8, 4) is 0 Å². The van der Waals surface area contributed by atoms with Crippen molar-refractivity contribution in [3.05, 3.63) is 35.9 Å². The fourth-order valence-electron chi connectivity index (χ4n) is 4.51. The van der Waals surface area contributed by atoms with Crippen molar-refractivity contribution in [2.45, 2.75) is 18.7 Å². The Labute approximate surface area is 206 Å². The number of β-amino-alcohol motifs (C(OH)–C–C–N with tert-alkyl or cyclic N) is 1. The van der Waals surface area contributed by atoms with Gasteiger partial charge in [-0.2, -0.15) is 4.31 Å². The van der Waals surface area contributed by atoms with E-state index < -0.39 is 10.0 Å². The maximum atomic E-state index is 13.2. The van der Waals surface area contributed by atoms with E-state index >= 15 is 0 Å². The average Bonchev–Trinajstić information content (AvgIpc) is 2.84. The van der Waals surface area contributed by atoms with Crippen molar-refractivity contribution in [2.24, 2.45) is 0 Å². The van der Waals surface area contributed by atoms with Gasteiger partial charge in [-0.1, -0.05) is 0 Å². The molecule has 2 aliphatic heterocycles. The number of piperazine rings is 2. The molecule has 190 valence electrons. The molecule has 11 nitrogen and oxygen atoms in total. The van der Waals surface area contributed by atoms with Crippen LogP contribution in [0.2, 0.25) is 0 Å². The molecule has 1 aromatic heterocycles. The van der Waals surface area contributed by atoms with E-state index in [4.69, 9.17) is 5.11 Å². The first kappa shape index (κ1) is 25.3. The molecule has 0 bridgehead atoms. The van der Waals surface area contributed by atoms with Crippen molar-refractivity contribution < 1.29 is 18.3 Å². The van der Waals surface area contributed by atoms with E-state index in [1.807, 2.05) is 12.1 Å². The smallest absolute Gasteiger partial charge is 0.243 e. The highest BCUT2D eigenvalue weighted by Crippen LogP contribution is 2.25.